The number of hydrogen-bond donors (Lipinski definition) is 0. The fourth-order valence-electron chi connectivity index (χ4n) is 1.28. The number of hydrogen-bond acceptors (Lipinski definition) is 3. The van der Waals surface area contributed by atoms with E-state index in [1.165, 1.54) is 6.07 Å². The van der Waals surface area contributed by atoms with Gasteiger partial charge in [-0.05, 0) is 42.4 Å². The highest BCUT2D eigenvalue weighted by atomic mass is 79.9. The minimum absolute atomic E-state index is 0.120. The Morgan fingerprint density at radius 2 is 2.12 bits per heavy atom. The van der Waals surface area contributed by atoms with Gasteiger partial charge in [-0.25, -0.2) is 0 Å². The van der Waals surface area contributed by atoms with E-state index in [-0.39, 0.29) is 10.6 Å². The Morgan fingerprint density at radius 1 is 1.50 bits per heavy atom. The Hall–Kier alpha value is -0.940. The third kappa shape index (κ3) is 3.02. The van der Waals surface area contributed by atoms with Gasteiger partial charge in [0.05, 0.1) is 9.40 Å². The minimum Gasteiger partial charge on any atom is -0.300 e. The summed E-state index contributed by atoms with van der Waals surface area (Å²) in [6.45, 7) is 4.87. The maximum atomic E-state index is 10.8. The molecule has 0 aliphatic rings. The first-order valence-electron chi connectivity index (χ1n) is 5.05. The number of benzene rings is 1. The minimum atomic E-state index is -0.372. The van der Waals surface area contributed by atoms with Crippen molar-refractivity contribution in [2.45, 2.75) is 26.4 Å². The summed E-state index contributed by atoms with van der Waals surface area (Å²) in [5.41, 5.74) is 1.06. The van der Waals surface area contributed by atoms with Gasteiger partial charge >= 0.3 is 0 Å². The maximum absolute atomic E-state index is 10.8. The van der Waals surface area contributed by atoms with Gasteiger partial charge in [0, 0.05) is 18.7 Å². The van der Waals surface area contributed by atoms with Gasteiger partial charge in [0.2, 0.25) is 0 Å². The molecule has 5 heteroatoms. The number of nitrogens with zero attached hydrogens (tertiary/aromatic N) is 2. The molecule has 0 atom stereocenters. The predicted molar refractivity (Wildman–Crippen MR) is 67.4 cm³/mol. The highest BCUT2D eigenvalue weighted by Crippen LogP contribution is 2.29. The SMILES string of the molecule is CC(C)N(C)Cc1cccc([N+](=O)[O-])c1Br. The molecule has 16 heavy (non-hydrogen) atoms. The zero-order valence-corrected chi connectivity index (χ0v) is 11.2. The van der Waals surface area contributed by atoms with Crippen molar-refractivity contribution in [3.8, 4) is 0 Å². The molecule has 0 unspecified atom stereocenters. The Labute approximate surface area is 104 Å². The fourth-order valence-corrected chi connectivity index (χ4v) is 1.82. The number of nitro groups is 1. The van der Waals surface area contributed by atoms with E-state index in [0.717, 1.165) is 5.56 Å². The normalized spacial score (nSPS) is 11.1. The zero-order chi connectivity index (χ0) is 12.3. The molecule has 0 fully saturated rings. The Kier molecular flexibility index (Phi) is 4.44. The second-order valence-corrected chi connectivity index (χ2v) is 4.81. The number of halogens is 1. The van der Waals surface area contributed by atoms with E-state index in [0.29, 0.717) is 17.1 Å². The van der Waals surface area contributed by atoms with Crippen LogP contribution in [0.1, 0.15) is 19.4 Å². The van der Waals surface area contributed by atoms with Crippen molar-refractivity contribution >= 4 is 21.6 Å². The van der Waals surface area contributed by atoms with E-state index in [9.17, 15) is 10.1 Å². The van der Waals surface area contributed by atoms with Crippen molar-refractivity contribution in [1.29, 1.82) is 0 Å². The summed E-state index contributed by atoms with van der Waals surface area (Å²) in [5, 5.41) is 10.8. The Balaban J connectivity index is 2.98. The smallest absolute Gasteiger partial charge is 0.283 e. The van der Waals surface area contributed by atoms with Crippen LogP contribution in [-0.4, -0.2) is 22.9 Å². The monoisotopic (exact) mass is 286 g/mol. The van der Waals surface area contributed by atoms with E-state index in [4.69, 9.17) is 0 Å². The van der Waals surface area contributed by atoms with Crippen LogP contribution in [0.15, 0.2) is 22.7 Å². The lowest BCUT2D eigenvalue weighted by Crippen LogP contribution is -2.25. The molecular formula is C11H15BrN2O2. The zero-order valence-electron chi connectivity index (χ0n) is 9.61. The molecule has 0 bridgehead atoms. The van der Waals surface area contributed by atoms with Crippen LogP contribution < -0.4 is 0 Å². The lowest BCUT2D eigenvalue weighted by molar-refractivity contribution is -0.385. The second-order valence-electron chi connectivity index (χ2n) is 4.02. The van der Waals surface area contributed by atoms with Crippen LogP contribution in [-0.2, 0) is 6.54 Å². The van der Waals surface area contributed by atoms with Gasteiger partial charge in [-0.2, -0.15) is 0 Å². The summed E-state index contributed by atoms with van der Waals surface area (Å²) in [5.74, 6) is 0. The van der Waals surface area contributed by atoms with Gasteiger partial charge < -0.3 is 0 Å². The maximum Gasteiger partial charge on any atom is 0.283 e. The third-order valence-corrected chi connectivity index (χ3v) is 3.47. The van der Waals surface area contributed by atoms with Gasteiger partial charge in [-0.15, -0.1) is 0 Å². The molecule has 0 heterocycles. The van der Waals surface area contributed by atoms with Gasteiger partial charge in [0.25, 0.3) is 5.69 Å². The molecule has 0 saturated heterocycles. The van der Waals surface area contributed by atoms with Crippen LogP contribution in [0.2, 0.25) is 0 Å². The van der Waals surface area contributed by atoms with Crippen molar-refractivity contribution in [2.24, 2.45) is 0 Å². The topological polar surface area (TPSA) is 46.4 Å². The summed E-state index contributed by atoms with van der Waals surface area (Å²) in [4.78, 5) is 12.5. The van der Waals surface area contributed by atoms with Crippen molar-refractivity contribution in [1.82, 2.24) is 4.90 Å². The first-order valence-corrected chi connectivity index (χ1v) is 5.84. The number of rotatable bonds is 4. The summed E-state index contributed by atoms with van der Waals surface area (Å²) in [7, 11) is 2.00. The molecule has 4 nitrogen and oxygen atoms in total. The van der Waals surface area contributed by atoms with Crippen molar-refractivity contribution in [3.05, 3.63) is 38.3 Å². The highest BCUT2D eigenvalue weighted by molar-refractivity contribution is 9.10. The van der Waals surface area contributed by atoms with Crippen LogP contribution in [0.25, 0.3) is 0 Å². The van der Waals surface area contributed by atoms with Crippen molar-refractivity contribution in [2.75, 3.05) is 7.05 Å². The fraction of sp³-hybridized carbons (Fsp3) is 0.455. The highest BCUT2D eigenvalue weighted by Gasteiger charge is 2.16. The van der Waals surface area contributed by atoms with E-state index >= 15 is 0 Å². The van der Waals surface area contributed by atoms with E-state index in [1.807, 2.05) is 13.1 Å². The molecule has 0 aliphatic heterocycles. The predicted octanol–water partition coefficient (Wildman–Crippen LogP) is 3.20. The first kappa shape index (κ1) is 13.1. The first-order chi connectivity index (χ1) is 7.43. The van der Waals surface area contributed by atoms with E-state index < -0.39 is 0 Å². The van der Waals surface area contributed by atoms with Crippen LogP contribution in [0.4, 0.5) is 5.69 Å². The Bertz CT molecular complexity index is 394. The third-order valence-electron chi connectivity index (χ3n) is 2.56. The van der Waals surface area contributed by atoms with E-state index in [1.54, 1.807) is 6.07 Å². The molecule has 88 valence electrons. The molecule has 1 aromatic carbocycles. The lowest BCUT2D eigenvalue weighted by atomic mass is 10.2. The number of nitro benzene ring substituents is 1. The molecule has 0 aliphatic carbocycles. The van der Waals surface area contributed by atoms with Crippen LogP contribution in [0.3, 0.4) is 0 Å². The molecule has 0 radical (unpaired) electrons. The summed E-state index contributed by atoms with van der Waals surface area (Å²) < 4.78 is 0.576. The summed E-state index contributed by atoms with van der Waals surface area (Å²) in [6.07, 6.45) is 0. The average molecular weight is 287 g/mol. The van der Waals surface area contributed by atoms with E-state index in [2.05, 4.69) is 34.7 Å². The summed E-state index contributed by atoms with van der Waals surface area (Å²) >= 11 is 3.29. The summed E-state index contributed by atoms with van der Waals surface area (Å²) in [6, 6.07) is 5.52. The van der Waals surface area contributed by atoms with Crippen LogP contribution >= 0.6 is 15.9 Å². The van der Waals surface area contributed by atoms with Gasteiger partial charge in [-0.3, -0.25) is 15.0 Å². The largest absolute Gasteiger partial charge is 0.300 e. The molecule has 0 saturated carbocycles. The van der Waals surface area contributed by atoms with Gasteiger partial charge in [-0.1, -0.05) is 12.1 Å². The quantitative estimate of drug-likeness (QED) is 0.631. The van der Waals surface area contributed by atoms with Crippen LogP contribution in [0.5, 0.6) is 0 Å². The molecule has 0 spiro atoms. The molecule has 0 amide bonds. The standard InChI is InChI=1S/C11H15BrN2O2/c1-8(2)13(3)7-9-5-4-6-10(11(9)12)14(15)16/h4-6,8H,7H2,1-3H3. The lowest BCUT2D eigenvalue weighted by Gasteiger charge is -2.21. The van der Waals surface area contributed by atoms with Gasteiger partial charge in [0.15, 0.2) is 0 Å². The van der Waals surface area contributed by atoms with Crippen molar-refractivity contribution in [3.63, 3.8) is 0 Å². The molecule has 0 N–H and O–H groups in total. The van der Waals surface area contributed by atoms with Crippen molar-refractivity contribution < 1.29 is 4.92 Å². The van der Waals surface area contributed by atoms with Crippen LogP contribution in [0, 0.1) is 10.1 Å². The molecule has 1 aromatic rings. The Morgan fingerprint density at radius 3 is 2.62 bits per heavy atom. The second kappa shape index (κ2) is 5.41. The van der Waals surface area contributed by atoms with Gasteiger partial charge in [0.1, 0.15) is 0 Å². The molecule has 1 rings (SSSR count). The molecular weight excluding hydrogens is 272 g/mol. The average Bonchev–Trinajstić information content (AvgIpc) is 2.20. The molecule has 0 aromatic heterocycles.